The predicted octanol–water partition coefficient (Wildman–Crippen LogP) is 1.85. The molecule has 0 bridgehead atoms. The average Bonchev–Trinajstić information content (AvgIpc) is 3.27. The zero-order valence-electron chi connectivity index (χ0n) is 18.6. The van der Waals surface area contributed by atoms with Crippen molar-refractivity contribution in [2.45, 2.75) is 24.8 Å². The van der Waals surface area contributed by atoms with E-state index in [4.69, 9.17) is 0 Å². The van der Waals surface area contributed by atoms with E-state index >= 15 is 0 Å². The van der Waals surface area contributed by atoms with Crippen molar-refractivity contribution in [3.63, 3.8) is 0 Å². The molecule has 1 aliphatic rings. The first-order valence-electron chi connectivity index (χ1n) is 10.9. The molecule has 0 spiro atoms. The number of nitrogens with zero attached hydrogens (tertiary/aromatic N) is 3. The lowest BCUT2D eigenvalue weighted by molar-refractivity contribution is -0.135. The van der Waals surface area contributed by atoms with Crippen LogP contribution in [0.5, 0.6) is 0 Å². The number of benzene rings is 1. The summed E-state index contributed by atoms with van der Waals surface area (Å²) in [4.78, 5) is 34.6. The van der Waals surface area contributed by atoms with Crippen molar-refractivity contribution in [1.82, 2.24) is 24.5 Å². The summed E-state index contributed by atoms with van der Waals surface area (Å²) in [6, 6.07) is 11.5. The van der Waals surface area contributed by atoms with Gasteiger partial charge in [0.1, 0.15) is 16.6 Å². The quantitative estimate of drug-likeness (QED) is 0.572. The molecule has 2 N–H and O–H groups in total. The van der Waals surface area contributed by atoms with Gasteiger partial charge in [0, 0.05) is 49.5 Å². The Morgan fingerprint density at radius 3 is 2.39 bits per heavy atom. The molecule has 1 saturated heterocycles. The molecule has 1 atom stereocenters. The molecule has 0 saturated carbocycles. The normalized spacial score (nSPS) is 16.2. The van der Waals surface area contributed by atoms with Gasteiger partial charge in [-0.05, 0) is 30.2 Å². The van der Waals surface area contributed by atoms with E-state index in [-0.39, 0.29) is 48.8 Å². The molecule has 3 heterocycles. The van der Waals surface area contributed by atoms with Crippen molar-refractivity contribution in [3.8, 4) is 0 Å². The molecule has 1 aliphatic heterocycles. The molecule has 0 radical (unpaired) electrons. The van der Waals surface area contributed by atoms with Crippen LogP contribution in [0.1, 0.15) is 24.2 Å². The third kappa shape index (κ3) is 4.62. The van der Waals surface area contributed by atoms with Crippen LogP contribution in [-0.2, 0) is 14.8 Å². The number of H-pyrrole nitrogens is 1. The Balaban J connectivity index is 1.43. The number of nitrogens with one attached hydrogen (secondary N) is 2. The molecule has 3 aromatic rings. The van der Waals surface area contributed by atoms with Crippen molar-refractivity contribution in [1.29, 1.82) is 0 Å². The summed E-state index contributed by atoms with van der Waals surface area (Å²) < 4.78 is 27.8. The SMILES string of the molecule is CC(C)C(NC(=O)c1ccccc1)C(=O)N1CCN(S(=O)(=O)c2c[nH]c3ncccc23)CC1. The highest BCUT2D eigenvalue weighted by atomic mass is 32.2. The molecule has 2 aromatic heterocycles. The first-order chi connectivity index (χ1) is 15.8. The van der Waals surface area contributed by atoms with Gasteiger partial charge in [-0.3, -0.25) is 9.59 Å². The van der Waals surface area contributed by atoms with Gasteiger partial charge in [0.05, 0.1) is 0 Å². The standard InChI is InChI=1S/C23H27N5O4S/c1-16(2)20(26-22(29)17-7-4-3-5-8-17)23(30)27-11-13-28(14-12-27)33(31,32)19-15-25-21-18(19)9-6-10-24-21/h3-10,15-16,20H,11-14H2,1-2H3,(H,24,25)(H,26,29). The number of rotatable bonds is 6. The number of piperazine rings is 1. The number of pyridine rings is 1. The number of hydrogen-bond donors (Lipinski definition) is 2. The molecule has 9 nitrogen and oxygen atoms in total. The van der Waals surface area contributed by atoms with E-state index in [9.17, 15) is 18.0 Å². The lowest BCUT2D eigenvalue weighted by Gasteiger charge is -2.36. The van der Waals surface area contributed by atoms with Crippen LogP contribution in [0, 0.1) is 5.92 Å². The Morgan fingerprint density at radius 1 is 1.03 bits per heavy atom. The number of fused-ring (bicyclic) bond motifs is 1. The van der Waals surface area contributed by atoms with Gasteiger partial charge in [-0.1, -0.05) is 32.0 Å². The number of amides is 2. The van der Waals surface area contributed by atoms with Crippen molar-refractivity contribution in [2.24, 2.45) is 5.92 Å². The zero-order valence-corrected chi connectivity index (χ0v) is 19.4. The fourth-order valence-corrected chi connectivity index (χ4v) is 5.53. The number of sulfonamides is 1. The minimum Gasteiger partial charge on any atom is -0.345 e. The van der Waals surface area contributed by atoms with E-state index in [1.807, 2.05) is 19.9 Å². The zero-order chi connectivity index (χ0) is 23.6. The molecule has 174 valence electrons. The van der Waals surface area contributed by atoms with Crippen LogP contribution in [0.15, 0.2) is 59.8 Å². The van der Waals surface area contributed by atoms with Gasteiger partial charge in [0.2, 0.25) is 15.9 Å². The first kappa shape index (κ1) is 22.9. The Hall–Kier alpha value is -3.24. The van der Waals surface area contributed by atoms with E-state index < -0.39 is 16.1 Å². The van der Waals surface area contributed by atoms with Crippen LogP contribution >= 0.6 is 0 Å². The van der Waals surface area contributed by atoms with E-state index in [0.29, 0.717) is 16.6 Å². The van der Waals surface area contributed by atoms with Crippen LogP contribution < -0.4 is 5.32 Å². The van der Waals surface area contributed by atoms with Gasteiger partial charge >= 0.3 is 0 Å². The van der Waals surface area contributed by atoms with Gasteiger partial charge in [-0.25, -0.2) is 13.4 Å². The van der Waals surface area contributed by atoms with Gasteiger partial charge < -0.3 is 15.2 Å². The molecule has 4 rings (SSSR count). The maximum absolute atomic E-state index is 13.2. The molecule has 1 fully saturated rings. The minimum absolute atomic E-state index is 0.120. The Bertz CT molecular complexity index is 1250. The summed E-state index contributed by atoms with van der Waals surface area (Å²) in [6.07, 6.45) is 3.06. The predicted molar refractivity (Wildman–Crippen MR) is 124 cm³/mol. The van der Waals surface area contributed by atoms with Gasteiger partial charge in [-0.2, -0.15) is 4.31 Å². The van der Waals surface area contributed by atoms with E-state index in [1.165, 1.54) is 10.5 Å². The lowest BCUT2D eigenvalue weighted by Crippen LogP contribution is -2.57. The molecular formula is C23H27N5O4S. The Morgan fingerprint density at radius 2 is 1.73 bits per heavy atom. The maximum Gasteiger partial charge on any atom is 0.251 e. The second-order valence-electron chi connectivity index (χ2n) is 8.34. The van der Waals surface area contributed by atoms with E-state index in [1.54, 1.807) is 47.5 Å². The summed E-state index contributed by atoms with van der Waals surface area (Å²) in [7, 11) is -3.73. The first-order valence-corrected chi connectivity index (χ1v) is 12.3. The molecule has 33 heavy (non-hydrogen) atoms. The Labute approximate surface area is 192 Å². The number of aromatic nitrogens is 2. The number of aromatic amines is 1. The highest BCUT2D eigenvalue weighted by Gasteiger charge is 2.35. The fraction of sp³-hybridized carbons (Fsp3) is 0.348. The molecule has 2 amide bonds. The Kier molecular flexibility index (Phi) is 6.48. The van der Waals surface area contributed by atoms with Crippen LogP contribution in [0.25, 0.3) is 11.0 Å². The van der Waals surface area contributed by atoms with Crippen molar-refractivity contribution in [2.75, 3.05) is 26.2 Å². The number of hydrogen-bond acceptors (Lipinski definition) is 5. The third-order valence-electron chi connectivity index (χ3n) is 5.84. The number of carbonyl (C=O) groups is 2. The van der Waals surface area contributed by atoms with Crippen molar-refractivity contribution >= 4 is 32.9 Å². The highest BCUT2D eigenvalue weighted by Crippen LogP contribution is 2.25. The smallest absolute Gasteiger partial charge is 0.251 e. The van der Waals surface area contributed by atoms with E-state index in [0.717, 1.165) is 0 Å². The van der Waals surface area contributed by atoms with Crippen LogP contribution in [0.4, 0.5) is 0 Å². The van der Waals surface area contributed by atoms with Crippen LogP contribution in [-0.4, -0.2) is 71.6 Å². The monoisotopic (exact) mass is 469 g/mol. The fourth-order valence-electron chi connectivity index (χ4n) is 3.96. The van der Waals surface area contributed by atoms with Gasteiger partial charge in [0.15, 0.2) is 0 Å². The van der Waals surface area contributed by atoms with Gasteiger partial charge in [0.25, 0.3) is 5.91 Å². The topological polar surface area (TPSA) is 115 Å². The molecule has 10 heteroatoms. The largest absolute Gasteiger partial charge is 0.345 e. The highest BCUT2D eigenvalue weighted by molar-refractivity contribution is 7.89. The van der Waals surface area contributed by atoms with Crippen LogP contribution in [0.2, 0.25) is 0 Å². The summed E-state index contributed by atoms with van der Waals surface area (Å²) in [5.41, 5.74) is 0.999. The van der Waals surface area contributed by atoms with Crippen molar-refractivity contribution in [3.05, 3.63) is 60.4 Å². The van der Waals surface area contributed by atoms with Crippen LogP contribution in [0.3, 0.4) is 0 Å². The summed E-state index contributed by atoms with van der Waals surface area (Å²) >= 11 is 0. The summed E-state index contributed by atoms with van der Waals surface area (Å²) in [5, 5.41) is 3.38. The third-order valence-corrected chi connectivity index (χ3v) is 7.78. The molecule has 1 aromatic carbocycles. The molecule has 1 unspecified atom stereocenters. The number of carbonyl (C=O) groups excluding carboxylic acids is 2. The van der Waals surface area contributed by atoms with Gasteiger partial charge in [-0.15, -0.1) is 0 Å². The maximum atomic E-state index is 13.2. The van der Waals surface area contributed by atoms with E-state index in [2.05, 4.69) is 15.3 Å². The second-order valence-corrected chi connectivity index (χ2v) is 10.2. The average molecular weight is 470 g/mol. The molecule has 0 aliphatic carbocycles. The lowest BCUT2D eigenvalue weighted by atomic mass is 10.0. The summed E-state index contributed by atoms with van der Waals surface area (Å²) in [5.74, 6) is -0.634. The van der Waals surface area contributed by atoms with Crippen molar-refractivity contribution < 1.29 is 18.0 Å². The minimum atomic E-state index is -3.73. The summed E-state index contributed by atoms with van der Waals surface area (Å²) in [6.45, 7) is 4.61. The second kappa shape index (κ2) is 9.32. The molecular weight excluding hydrogens is 442 g/mol.